The Hall–Kier alpha value is -1.36. The van der Waals surface area contributed by atoms with E-state index in [9.17, 15) is 0 Å². The van der Waals surface area contributed by atoms with E-state index in [1.165, 1.54) is 12.4 Å². The fourth-order valence-corrected chi connectivity index (χ4v) is 0.313. The van der Waals surface area contributed by atoms with E-state index in [0.717, 1.165) is 0 Å². The number of aliphatic imine (C=N–C) groups is 2. The average molecular weight is 104 g/mol. The molecule has 0 aromatic heterocycles. The van der Waals surface area contributed by atoms with E-state index in [2.05, 4.69) is 21.6 Å². The van der Waals surface area contributed by atoms with E-state index in [1.54, 1.807) is 12.3 Å². The van der Waals surface area contributed by atoms with Crippen molar-refractivity contribution in [2.75, 3.05) is 0 Å². The summed E-state index contributed by atoms with van der Waals surface area (Å²) in [5.41, 5.74) is 2.74. The van der Waals surface area contributed by atoms with Crippen LogP contribution in [0.3, 0.4) is 0 Å². The number of allylic oxidation sites excluding steroid dienone is 1. The third kappa shape index (κ3) is 1.39. The van der Waals surface area contributed by atoms with Gasteiger partial charge in [-0.2, -0.15) is 0 Å². The fourth-order valence-electron chi connectivity index (χ4n) is 0.313. The Labute approximate surface area is 47.3 Å². The van der Waals surface area contributed by atoms with Crippen molar-refractivity contribution in [1.82, 2.24) is 0 Å². The summed E-state index contributed by atoms with van der Waals surface area (Å²) in [6, 6.07) is 0. The van der Waals surface area contributed by atoms with Crippen LogP contribution in [0.2, 0.25) is 0 Å². The second kappa shape index (κ2) is 2.75. The van der Waals surface area contributed by atoms with E-state index in [4.69, 9.17) is 0 Å². The van der Waals surface area contributed by atoms with Crippen LogP contribution in [-0.4, -0.2) is 12.1 Å². The van der Waals surface area contributed by atoms with Gasteiger partial charge in [0.15, 0.2) is 0 Å². The number of hydrogen-bond acceptors (Lipinski definition) is 2. The first-order valence-corrected chi connectivity index (χ1v) is 2.20. The van der Waals surface area contributed by atoms with Gasteiger partial charge in [0.1, 0.15) is 0 Å². The third-order valence-electron chi connectivity index (χ3n) is 0.603. The van der Waals surface area contributed by atoms with Gasteiger partial charge >= 0.3 is 0 Å². The predicted molar refractivity (Wildman–Crippen MR) is 33.1 cm³/mol. The lowest BCUT2D eigenvalue weighted by atomic mass is 10.6. The van der Waals surface area contributed by atoms with Crippen molar-refractivity contribution >= 4 is 12.1 Å². The third-order valence-corrected chi connectivity index (χ3v) is 0.603. The Kier molecular flexibility index (Phi) is 1.65. The van der Waals surface area contributed by atoms with Crippen LogP contribution < -0.4 is 0 Å². The summed E-state index contributed by atoms with van der Waals surface area (Å²) in [6.07, 6.45) is 6.33. The molecule has 0 fully saturated rings. The molecule has 0 spiro atoms. The topological polar surface area (TPSA) is 24.7 Å². The van der Waals surface area contributed by atoms with Gasteiger partial charge in [0.05, 0.1) is 12.4 Å². The van der Waals surface area contributed by atoms with Crippen LogP contribution in [0.5, 0.6) is 0 Å². The zero-order valence-electron chi connectivity index (χ0n) is 4.20. The molecule has 0 atom stereocenters. The first-order valence-electron chi connectivity index (χ1n) is 2.20. The lowest BCUT2D eigenvalue weighted by molar-refractivity contribution is 1.57. The van der Waals surface area contributed by atoms with Crippen LogP contribution in [-0.2, 0) is 0 Å². The summed E-state index contributed by atoms with van der Waals surface area (Å²) in [5, 5.41) is 0. The van der Waals surface area contributed by atoms with Gasteiger partial charge < -0.3 is 0 Å². The lowest BCUT2D eigenvalue weighted by Crippen LogP contribution is -1.61. The maximum Gasteiger partial charge on any atom is 0.0882 e. The maximum absolute atomic E-state index is 3.74. The van der Waals surface area contributed by atoms with E-state index >= 15 is 0 Å². The Morgan fingerprint density at radius 1 is 1.25 bits per heavy atom. The molecule has 8 heavy (non-hydrogen) atoms. The van der Waals surface area contributed by atoms with Crippen molar-refractivity contribution in [1.29, 1.82) is 0 Å². The first kappa shape index (κ1) is 4.79. The van der Waals surface area contributed by atoms with Crippen LogP contribution in [0, 0.1) is 0 Å². The maximum atomic E-state index is 3.74. The molecule has 0 N–H and O–H groups in total. The highest BCUT2D eigenvalue weighted by molar-refractivity contribution is 5.73. The predicted octanol–water partition coefficient (Wildman–Crippen LogP) is 0.923. The Balaban J connectivity index is 2.98. The second-order valence-electron chi connectivity index (χ2n) is 1.15. The molecule has 0 unspecified atom stereocenters. The van der Waals surface area contributed by atoms with Gasteiger partial charge in [-0.1, -0.05) is 5.73 Å². The summed E-state index contributed by atoms with van der Waals surface area (Å²) < 4.78 is 0. The minimum Gasteiger partial charge on any atom is -0.254 e. The molecule has 1 aliphatic rings. The Bertz CT molecular complexity index is 187. The summed E-state index contributed by atoms with van der Waals surface area (Å²) in [5.74, 6) is 2.55. The Morgan fingerprint density at radius 2 is 2.25 bits per heavy atom. The highest BCUT2D eigenvalue weighted by atomic mass is 14.7. The highest BCUT2D eigenvalue weighted by Gasteiger charge is 1.61. The molecular formula is C6H4N2. The van der Waals surface area contributed by atoms with Gasteiger partial charge in [-0.25, -0.2) is 4.99 Å². The minimum atomic E-state index is 1.49. The number of nitrogens with zero attached hydrogens (tertiary/aromatic N) is 2. The summed E-state index contributed by atoms with van der Waals surface area (Å²) >= 11 is 0. The van der Waals surface area contributed by atoms with Crippen molar-refractivity contribution in [3.63, 3.8) is 0 Å². The molecule has 0 amide bonds. The monoisotopic (exact) mass is 104 g/mol. The standard InChI is InChI=1S/C6H4N2/c1-2-4-8-6-5-7-3-1/h1,3-5H. The van der Waals surface area contributed by atoms with E-state index < -0.39 is 0 Å². The quantitative estimate of drug-likeness (QED) is 0.408. The van der Waals surface area contributed by atoms with Gasteiger partial charge in [-0.3, -0.25) is 4.99 Å². The van der Waals surface area contributed by atoms with E-state index in [0.29, 0.717) is 0 Å². The molecule has 0 radical (unpaired) electrons. The fraction of sp³-hybridized carbons (Fsp3) is 0. The molecular weight excluding hydrogens is 100 g/mol. The lowest BCUT2D eigenvalue weighted by Gasteiger charge is -1.69. The molecule has 2 nitrogen and oxygen atoms in total. The van der Waals surface area contributed by atoms with E-state index in [1.807, 2.05) is 0 Å². The largest absolute Gasteiger partial charge is 0.254 e. The molecule has 0 aromatic carbocycles. The Morgan fingerprint density at radius 3 is 3.25 bits per heavy atom. The molecule has 1 heterocycles. The molecule has 2 heteroatoms. The number of hydrogen-bond donors (Lipinski definition) is 0. The zero-order valence-corrected chi connectivity index (χ0v) is 4.20. The van der Waals surface area contributed by atoms with Crippen LogP contribution in [0.1, 0.15) is 0 Å². The molecule has 0 saturated carbocycles. The second-order valence-corrected chi connectivity index (χ2v) is 1.15. The van der Waals surface area contributed by atoms with Gasteiger partial charge in [-0.15, -0.1) is 0 Å². The SMILES string of the molecule is C1=CC=NC=C=NC=1. The van der Waals surface area contributed by atoms with Gasteiger partial charge in [-0.05, 0) is 0 Å². The number of rotatable bonds is 0. The van der Waals surface area contributed by atoms with Crippen LogP contribution in [0.15, 0.2) is 34.2 Å². The minimum absolute atomic E-state index is 1.49. The van der Waals surface area contributed by atoms with Crippen LogP contribution in [0.4, 0.5) is 0 Å². The summed E-state index contributed by atoms with van der Waals surface area (Å²) in [6.45, 7) is 0. The average Bonchev–Trinajstić information content (AvgIpc) is 1.62. The molecule has 0 saturated heterocycles. The van der Waals surface area contributed by atoms with Crippen LogP contribution >= 0.6 is 0 Å². The van der Waals surface area contributed by atoms with Crippen molar-refractivity contribution in [2.45, 2.75) is 0 Å². The van der Waals surface area contributed by atoms with Gasteiger partial charge in [0, 0.05) is 18.2 Å². The van der Waals surface area contributed by atoms with Crippen molar-refractivity contribution in [2.24, 2.45) is 9.98 Å². The highest BCUT2D eigenvalue weighted by Crippen LogP contribution is 1.72. The molecule has 0 aromatic rings. The first-order chi connectivity index (χ1) is 4.00. The van der Waals surface area contributed by atoms with Crippen molar-refractivity contribution < 1.29 is 0 Å². The molecule has 1 aliphatic heterocycles. The molecule has 0 bridgehead atoms. The van der Waals surface area contributed by atoms with Gasteiger partial charge in [0.2, 0.25) is 0 Å². The summed E-state index contributed by atoms with van der Waals surface area (Å²) in [4.78, 5) is 7.38. The summed E-state index contributed by atoms with van der Waals surface area (Å²) in [7, 11) is 0. The normalized spacial score (nSPS) is 14.0. The molecule has 38 valence electrons. The smallest absolute Gasteiger partial charge is 0.0882 e. The van der Waals surface area contributed by atoms with E-state index in [-0.39, 0.29) is 0 Å². The zero-order chi connectivity index (χ0) is 5.66. The molecule has 0 aliphatic carbocycles. The van der Waals surface area contributed by atoms with Crippen LogP contribution in [0.25, 0.3) is 0 Å². The van der Waals surface area contributed by atoms with Crippen molar-refractivity contribution in [3.8, 4) is 0 Å². The van der Waals surface area contributed by atoms with Crippen molar-refractivity contribution in [3.05, 3.63) is 24.2 Å². The molecule has 1 rings (SSSR count). The van der Waals surface area contributed by atoms with Gasteiger partial charge in [0.25, 0.3) is 0 Å².